The van der Waals surface area contributed by atoms with Crippen LogP contribution in [-0.2, 0) is 10.2 Å². The number of carbonyl (C=O) groups is 1. The molecule has 1 aromatic heterocycles. The van der Waals surface area contributed by atoms with Crippen molar-refractivity contribution in [2.45, 2.75) is 6.42 Å². The number of anilines is 1. The Bertz CT molecular complexity index is 981. The molecule has 2 aromatic rings. The summed E-state index contributed by atoms with van der Waals surface area (Å²) in [6.07, 6.45) is 0.648. The zero-order valence-electron chi connectivity index (χ0n) is 15.6. The van der Waals surface area contributed by atoms with Crippen molar-refractivity contribution in [2.24, 2.45) is 0 Å². The van der Waals surface area contributed by atoms with E-state index in [1.807, 2.05) is 12.1 Å². The number of pyridine rings is 1. The van der Waals surface area contributed by atoms with E-state index in [0.717, 1.165) is 20.9 Å². The number of carboxylic acid groups (broad SMARTS) is 1. The number of amides is 1. The van der Waals surface area contributed by atoms with E-state index in [9.17, 15) is 13.2 Å². The lowest BCUT2D eigenvalue weighted by Gasteiger charge is -2.25. The second-order valence-electron chi connectivity index (χ2n) is 6.21. The van der Waals surface area contributed by atoms with Gasteiger partial charge in [0.25, 0.3) is 0 Å². The van der Waals surface area contributed by atoms with Gasteiger partial charge in [0.05, 0.1) is 19.7 Å². The van der Waals surface area contributed by atoms with Crippen molar-refractivity contribution >= 4 is 32.9 Å². The fourth-order valence-corrected chi connectivity index (χ4v) is 4.33. The first kappa shape index (κ1) is 20.0. The Morgan fingerprint density at radius 1 is 1.14 bits per heavy atom. The van der Waals surface area contributed by atoms with Gasteiger partial charge < -0.3 is 19.5 Å². The average molecular weight is 410 g/mol. The Labute approximate surface area is 162 Å². The minimum Gasteiger partial charge on any atom is -0.493 e. The summed E-state index contributed by atoms with van der Waals surface area (Å²) in [6.45, 7) is 1.43. The van der Waals surface area contributed by atoms with Crippen LogP contribution in [-0.4, -0.2) is 69.3 Å². The van der Waals surface area contributed by atoms with E-state index in [-0.39, 0.29) is 13.1 Å². The van der Waals surface area contributed by atoms with E-state index >= 15 is 0 Å². The van der Waals surface area contributed by atoms with E-state index in [0.29, 0.717) is 31.0 Å². The zero-order chi connectivity index (χ0) is 20.3. The molecule has 2 heterocycles. The molecule has 0 unspecified atom stereocenters. The summed E-state index contributed by atoms with van der Waals surface area (Å²) in [5, 5.41) is 9.60. The smallest absolute Gasteiger partial charge is 0.419 e. The lowest BCUT2D eigenvalue weighted by atomic mass is 10.1. The quantitative estimate of drug-likeness (QED) is 0.756. The molecule has 10 nitrogen and oxygen atoms in total. The number of rotatable bonds is 5. The highest BCUT2D eigenvalue weighted by molar-refractivity contribution is 7.87. The summed E-state index contributed by atoms with van der Waals surface area (Å²) in [5.74, 6) is 1.15. The number of nitrogens with zero attached hydrogens (tertiary/aromatic N) is 3. The normalized spacial score (nSPS) is 15.9. The van der Waals surface area contributed by atoms with Crippen molar-refractivity contribution in [3.8, 4) is 11.5 Å². The summed E-state index contributed by atoms with van der Waals surface area (Å²) in [6, 6.07) is 5.51. The predicted molar refractivity (Wildman–Crippen MR) is 103 cm³/mol. The molecule has 1 aliphatic rings. The number of hydrogen-bond donors (Lipinski definition) is 2. The number of aromatic nitrogens is 1. The van der Waals surface area contributed by atoms with Crippen molar-refractivity contribution in [2.75, 3.05) is 45.3 Å². The third-order valence-corrected chi connectivity index (χ3v) is 6.05. The molecule has 0 radical (unpaired) electrons. The number of fused-ring (bicyclic) bond motifs is 1. The first-order valence-electron chi connectivity index (χ1n) is 8.62. The lowest BCUT2D eigenvalue weighted by Crippen LogP contribution is -2.44. The minimum absolute atomic E-state index is 0.166. The molecular formula is C17H22N4O6S. The van der Waals surface area contributed by atoms with Gasteiger partial charge in [0, 0.05) is 49.5 Å². The molecule has 11 heteroatoms. The van der Waals surface area contributed by atoms with E-state index in [4.69, 9.17) is 14.6 Å². The topological polar surface area (TPSA) is 121 Å². The number of methoxy groups -OCH3 is 2. The van der Waals surface area contributed by atoms with Crippen LogP contribution in [0, 0.1) is 0 Å². The predicted octanol–water partition coefficient (Wildman–Crippen LogP) is 1.28. The molecule has 1 amide bonds. The van der Waals surface area contributed by atoms with Crippen molar-refractivity contribution < 1.29 is 27.8 Å². The van der Waals surface area contributed by atoms with Gasteiger partial charge in [-0.25, -0.2) is 9.52 Å². The third kappa shape index (κ3) is 4.04. The van der Waals surface area contributed by atoms with Crippen molar-refractivity contribution in [3.05, 3.63) is 24.4 Å². The molecule has 0 saturated carbocycles. The van der Waals surface area contributed by atoms with E-state index in [2.05, 4.69) is 9.88 Å². The maximum Gasteiger partial charge on any atom is 0.419 e. The van der Waals surface area contributed by atoms with Crippen LogP contribution in [0.5, 0.6) is 11.5 Å². The fraction of sp³-hybridized carbons (Fsp3) is 0.412. The van der Waals surface area contributed by atoms with Crippen LogP contribution in [0.4, 0.5) is 10.5 Å². The summed E-state index contributed by atoms with van der Waals surface area (Å²) in [7, 11) is -0.948. The molecule has 1 aromatic carbocycles. The fourth-order valence-electron chi connectivity index (χ4n) is 3.28. The Morgan fingerprint density at radius 3 is 2.54 bits per heavy atom. The molecule has 1 aliphatic heterocycles. The van der Waals surface area contributed by atoms with E-state index < -0.39 is 16.3 Å². The summed E-state index contributed by atoms with van der Waals surface area (Å²) in [5.41, 5.74) is 1.63. The van der Waals surface area contributed by atoms with E-state index in [1.165, 1.54) is 0 Å². The van der Waals surface area contributed by atoms with Crippen molar-refractivity contribution in [1.29, 1.82) is 0 Å². The number of benzene rings is 1. The largest absolute Gasteiger partial charge is 0.493 e. The summed E-state index contributed by atoms with van der Waals surface area (Å²) >= 11 is 0. The average Bonchev–Trinajstić information content (AvgIpc) is 2.92. The highest BCUT2D eigenvalue weighted by Crippen LogP contribution is 2.35. The molecule has 2 N–H and O–H groups in total. The number of nitrogens with one attached hydrogen (secondary N) is 1. The van der Waals surface area contributed by atoms with Gasteiger partial charge in [-0.2, -0.15) is 12.7 Å². The minimum atomic E-state index is -4.07. The standard InChI is InChI=1S/C17H22N4O6S/c1-26-15-10-12-13(11-16(15)27-2)18-5-4-14(12)20-6-3-7-21(9-8-20)28(24,25)19-17(22)23/h4-5,10-11,19H,3,6-9H2,1-2H3,(H,22,23). The number of hydrogen-bond acceptors (Lipinski definition) is 7. The summed E-state index contributed by atoms with van der Waals surface area (Å²) < 4.78 is 37.7. The molecule has 0 aliphatic carbocycles. The van der Waals surface area contributed by atoms with Gasteiger partial charge in [-0.3, -0.25) is 4.98 Å². The van der Waals surface area contributed by atoms with Crippen LogP contribution in [0.25, 0.3) is 10.9 Å². The first-order valence-corrected chi connectivity index (χ1v) is 10.1. The van der Waals surface area contributed by atoms with Gasteiger partial charge >= 0.3 is 16.3 Å². The third-order valence-electron chi connectivity index (χ3n) is 4.58. The molecule has 1 fully saturated rings. The second kappa shape index (κ2) is 8.07. The number of ether oxygens (including phenoxy) is 2. The van der Waals surface area contributed by atoms with Gasteiger partial charge in [-0.1, -0.05) is 0 Å². The molecule has 0 spiro atoms. The Kier molecular flexibility index (Phi) is 5.75. The molecule has 0 bridgehead atoms. The maximum atomic E-state index is 12.1. The van der Waals surface area contributed by atoms with Crippen LogP contribution in [0.1, 0.15) is 6.42 Å². The van der Waals surface area contributed by atoms with E-state index in [1.54, 1.807) is 31.2 Å². The van der Waals surface area contributed by atoms with Crippen molar-refractivity contribution in [1.82, 2.24) is 14.0 Å². The molecule has 3 rings (SSSR count). The Hall–Kier alpha value is -2.79. The molecule has 28 heavy (non-hydrogen) atoms. The zero-order valence-corrected chi connectivity index (χ0v) is 16.4. The Balaban J connectivity index is 1.90. The van der Waals surface area contributed by atoms with Gasteiger partial charge in [-0.05, 0) is 18.6 Å². The van der Waals surface area contributed by atoms with Crippen LogP contribution < -0.4 is 19.1 Å². The maximum absolute atomic E-state index is 12.1. The summed E-state index contributed by atoms with van der Waals surface area (Å²) in [4.78, 5) is 17.2. The van der Waals surface area contributed by atoms with Gasteiger partial charge in [0.1, 0.15) is 0 Å². The van der Waals surface area contributed by atoms with Crippen LogP contribution in [0.3, 0.4) is 0 Å². The molecule has 0 atom stereocenters. The van der Waals surface area contributed by atoms with Crippen LogP contribution in [0.15, 0.2) is 24.4 Å². The lowest BCUT2D eigenvalue weighted by molar-refractivity contribution is 0.200. The van der Waals surface area contributed by atoms with Crippen LogP contribution in [0.2, 0.25) is 0 Å². The van der Waals surface area contributed by atoms with Crippen LogP contribution >= 0.6 is 0 Å². The highest BCUT2D eigenvalue weighted by Gasteiger charge is 2.27. The van der Waals surface area contributed by atoms with Gasteiger partial charge in [-0.15, -0.1) is 0 Å². The second-order valence-corrected chi connectivity index (χ2v) is 7.88. The molecule has 1 saturated heterocycles. The molecule has 152 valence electrons. The SMILES string of the molecule is COc1cc2nccc(N3CCCN(S(=O)(=O)NC(=O)O)CC3)c2cc1OC. The molecular weight excluding hydrogens is 388 g/mol. The van der Waals surface area contributed by atoms with Gasteiger partial charge in [0.15, 0.2) is 11.5 Å². The van der Waals surface area contributed by atoms with Gasteiger partial charge in [0.2, 0.25) is 0 Å². The first-order chi connectivity index (χ1) is 13.4. The Morgan fingerprint density at radius 2 is 1.86 bits per heavy atom. The monoisotopic (exact) mass is 410 g/mol. The van der Waals surface area contributed by atoms with Crippen molar-refractivity contribution in [3.63, 3.8) is 0 Å². The highest BCUT2D eigenvalue weighted by atomic mass is 32.2.